The topological polar surface area (TPSA) is 77.2 Å². The summed E-state index contributed by atoms with van der Waals surface area (Å²) in [7, 11) is 0. The first-order valence-corrected chi connectivity index (χ1v) is 9.65. The van der Waals surface area contributed by atoms with Gasteiger partial charge in [-0.2, -0.15) is 0 Å². The van der Waals surface area contributed by atoms with E-state index >= 15 is 0 Å². The van der Waals surface area contributed by atoms with Gasteiger partial charge in [0.15, 0.2) is 6.61 Å². The Balaban J connectivity index is 1.47. The lowest BCUT2D eigenvalue weighted by molar-refractivity contribution is -0.118. The van der Waals surface area contributed by atoms with Crippen LogP contribution in [0.4, 0.5) is 5.69 Å². The number of nitrogens with one attached hydrogen (secondary N) is 1. The normalized spacial score (nSPS) is 10.6. The number of anilines is 1. The van der Waals surface area contributed by atoms with Gasteiger partial charge in [-0.25, -0.2) is 0 Å². The second kappa shape index (κ2) is 8.80. The summed E-state index contributed by atoms with van der Waals surface area (Å²) in [6.07, 6.45) is 0. The van der Waals surface area contributed by atoms with Crippen LogP contribution in [-0.2, 0) is 4.79 Å². The minimum absolute atomic E-state index is 0.168. The van der Waals surface area contributed by atoms with Crippen LogP contribution in [0.5, 0.6) is 5.75 Å². The number of hydrogen-bond donors (Lipinski definition) is 1. The second-order valence-corrected chi connectivity index (χ2v) is 7.01. The van der Waals surface area contributed by atoms with Crippen molar-refractivity contribution in [3.63, 3.8) is 0 Å². The van der Waals surface area contributed by atoms with Gasteiger partial charge in [-0.1, -0.05) is 41.9 Å². The Labute approximate surface area is 178 Å². The lowest BCUT2D eigenvalue weighted by Crippen LogP contribution is -2.20. The van der Waals surface area contributed by atoms with Gasteiger partial charge in [0.05, 0.1) is 5.56 Å². The summed E-state index contributed by atoms with van der Waals surface area (Å²) >= 11 is 5.95. The molecule has 4 rings (SSSR count). The van der Waals surface area contributed by atoms with Crippen molar-refractivity contribution >= 4 is 23.2 Å². The zero-order chi connectivity index (χ0) is 20.9. The Morgan fingerprint density at radius 1 is 1.00 bits per heavy atom. The standard InChI is InChI=1S/C23H18ClN3O3/c1-15-13-17(24)11-12-19(15)25-21(28)14-29-20-10-6-5-9-18(20)23-27-26-22(30-23)16-7-3-2-4-8-16/h2-13H,14H2,1H3,(H,25,28). The van der Waals surface area contributed by atoms with Crippen LogP contribution in [0.25, 0.3) is 22.9 Å². The number of para-hydroxylation sites is 1. The van der Waals surface area contributed by atoms with Gasteiger partial charge in [0.25, 0.3) is 11.8 Å². The molecule has 0 aliphatic carbocycles. The van der Waals surface area contributed by atoms with Crippen LogP contribution < -0.4 is 10.1 Å². The molecule has 0 unspecified atom stereocenters. The van der Waals surface area contributed by atoms with Gasteiger partial charge in [0.2, 0.25) is 5.89 Å². The molecule has 0 atom stereocenters. The fourth-order valence-electron chi connectivity index (χ4n) is 2.90. The molecule has 0 fully saturated rings. The molecule has 150 valence electrons. The van der Waals surface area contributed by atoms with Crippen molar-refractivity contribution in [2.45, 2.75) is 6.92 Å². The maximum absolute atomic E-state index is 12.3. The Bertz CT molecular complexity index is 1180. The molecule has 0 aliphatic heterocycles. The lowest BCUT2D eigenvalue weighted by atomic mass is 10.2. The fraction of sp³-hybridized carbons (Fsp3) is 0.0870. The van der Waals surface area contributed by atoms with Gasteiger partial charge in [-0.3, -0.25) is 4.79 Å². The molecule has 30 heavy (non-hydrogen) atoms. The highest BCUT2D eigenvalue weighted by atomic mass is 35.5. The summed E-state index contributed by atoms with van der Waals surface area (Å²) in [5.74, 6) is 0.921. The van der Waals surface area contributed by atoms with Crippen LogP contribution in [-0.4, -0.2) is 22.7 Å². The molecule has 0 radical (unpaired) electrons. The summed E-state index contributed by atoms with van der Waals surface area (Å²) in [6.45, 7) is 1.70. The largest absolute Gasteiger partial charge is 0.483 e. The van der Waals surface area contributed by atoms with E-state index in [1.807, 2.05) is 49.4 Å². The number of carbonyl (C=O) groups excluding carboxylic acids is 1. The second-order valence-electron chi connectivity index (χ2n) is 6.57. The molecule has 0 aliphatic rings. The number of aryl methyl sites for hydroxylation is 1. The Kier molecular flexibility index (Phi) is 5.77. The first-order valence-electron chi connectivity index (χ1n) is 9.27. The van der Waals surface area contributed by atoms with Crippen molar-refractivity contribution in [3.05, 3.63) is 83.4 Å². The Hall–Kier alpha value is -3.64. The predicted molar refractivity (Wildman–Crippen MR) is 115 cm³/mol. The molecule has 0 bridgehead atoms. The van der Waals surface area contributed by atoms with Gasteiger partial charge in [0, 0.05) is 16.3 Å². The Morgan fingerprint density at radius 2 is 1.73 bits per heavy atom. The molecule has 1 aromatic heterocycles. The van der Waals surface area contributed by atoms with E-state index in [9.17, 15) is 4.79 Å². The number of carbonyl (C=O) groups is 1. The number of nitrogens with zero attached hydrogens (tertiary/aromatic N) is 2. The molecule has 0 saturated carbocycles. The van der Waals surface area contributed by atoms with Crippen LogP contribution >= 0.6 is 11.6 Å². The summed E-state index contributed by atoms with van der Waals surface area (Å²) in [6, 6.07) is 22.0. The van der Waals surface area contributed by atoms with Crippen molar-refractivity contribution in [1.82, 2.24) is 10.2 Å². The Morgan fingerprint density at radius 3 is 2.53 bits per heavy atom. The first-order chi connectivity index (χ1) is 14.6. The molecular formula is C23H18ClN3O3. The van der Waals surface area contributed by atoms with E-state index in [-0.39, 0.29) is 12.5 Å². The number of aromatic nitrogens is 2. The van der Waals surface area contributed by atoms with Gasteiger partial charge >= 0.3 is 0 Å². The van der Waals surface area contributed by atoms with Crippen LogP contribution in [0, 0.1) is 6.92 Å². The molecule has 1 amide bonds. The molecule has 4 aromatic rings. The zero-order valence-electron chi connectivity index (χ0n) is 16.1. The average molecular weight is 420 g/mol. The molecule has 1 N–H and O–H groups in total. The summed E-state index contributed by atoms with van der Waals surface area (Å²) in [4.78, 5) is 12.3. The van der Waals surface area contributed by atoms with Gasteiger partial charge in [0.1, 0.15) is 5.75 Å². The molecule has 0 spiro atoms. The lowest BCUT2D eigenvalue weighted by Gasteiger charge is -2.11. The van der Waals surface area contributed by atoms with Gasteiger partial charge in [-0.15, -0.1) is 10.2 Å². The number of rotatable bonds is 6. The molecule has 7 heteroatoms. The minimum Gasteiger partial charge on any atom is -0.483 e. The van der Waals surface area contributed by atoms with Crippen molar-refractivity contribution in [2.75, 3.05) is 11.9 Å². The maximum atomic E-state index is 12.3. The number of amides is 1. The zero-order valence-corrected chi connectivity index (χ0v) is 16.9. The van der Waals surface area contributed by atoms with Gasteiger partial charge in [-0.05, 0) is 55.0 Å². The third-order valence-electron chi connectivity index (χ3n) is 4.38. The SMILES string of the molecule is Cc1cc(Cl)ccc1NC(=O)COc1ccccc1-c1nnc(-c2ccccc2)o1. The van der Waals surface area contributed by atoms with Crippen LogP contribution in [0.1, 0.15) is 5.56 Å². The third-order valence-corrected chi connectivity index (χ3v) is 4.62. The highest BCUT2D eigenvalue weighted by molar-refractivity contribution is 6.30. The molecule has 1 heterocycles. The van der Waals surface area contributed by atoms with E-state index in [4.69, 9.17) is 20.8 Å². The van der Waals surface area contributed by atoms with Crippen molar-refractivity contribution in [3.8, 4) is 28.7 Å². The minimum atomic E-state index is -0.286. The van der Waals surface area contributed by atoms with E-state index in [0.717, 1.165) is 11.1 Å². The smallest absolute Gasteiger partial charge is 0.262 e. The summed E-state index contributed by atoms with van der Waals surface area (Å²) < 4.78 is 11.5. The third kappa shape index (κ3) is 4.50. The van der Waals surface area contributed by atoms with E-state index in [1.54, 1.807) is 30.3 Å². The van der Waals surface area contributed by atoms with Crippen LogP contribution in [0.2, 0.25) is 5.02 Å². The predicted octanol–water partition coefficient (Wildman–Crippen LogP) is 5.38. The number of ether oxygens (including phenoxy) is 1. The summed E-state index contributed by atoms with van der Waals surface area (Å²) in [5, 5.41) is 11.7. The van der Waals surface area contributed by atoms with E-state index in [1.165, 1.54) is 0 Å². The van der Waals surface area contributed by atoms with E-state index in [0.29, 0.717) is 33.8 Å². The highest BCUT2D eigenvalue weighted by Gasteiger charge is 2.15. The van der Waals surface area contributed by atoms with Crippen molar-refractivity contribution in [2.24, 2.45) is 0 Å². The van der Waals surface area contributed by atoms with E-state index < -0.39 is 0 Å². The van der Waals surface area contributed by atoms with Crippen LogP contribution in [0.3, 0.4) is 0 Å². The summed E-state index contributed by atoms with van der Waals surface area (Å²) in [5.41, 5.74) is 3.00. The number of benzene rings is 3. The molecule has 6 nitrogen and oxygen atoms in total. The number of halogens is 1. The number of hydrogen-bond acceptors (Lipinski definition) is 5. The molecular weight excluding hydrogens is 402 g/mol. The van der Waals surface area contributed by atoms with Crippen molar-refractivity contribution in [1.29, 1.82) is 0 Å². The average Bonchev–Trinajstić information content (AvgIpc) is 3.25. The van der Waals surface area contributed by atoms with Gasteiger partial charge < -0.3 is 14.5 Å². The van der Waals surface area contributed by atoms with Crippen molar-refractivity contribution < 1.29 is 13.9 Å². The quantitative estimate of drug-likeness (QED) is 0.453. The fourth-order valence-corrected chi connectivity index (χ4v) is 3.12. The van der Waals surface area contributed by atoms with E-state index in [2.05, 4.69) is 15.5 Å². The molecule has 3 aromatic carbocycles. The highest BCUT2D eigenvalue weighted by Crippen LogP contribution is 2.31. The first kappa shape index (κ1) is 19.7. The molecule has 0 saturated heterocycles. The maximum Gasteiger partial charge on any atom is 0.262 e. The monoisotopic (exact) mass is 419 g/mol. The van der Waals surface area contributed by atoms with Crippen LogP contribution in [0.15, 0.2) is 77.2 Å².